The molecule has 1 aliphatic heterocycles. The van der Waals surface area contributed by atoms with Crippen LogP contribution in [0, 0.1) is 0 Å². The lowest BCUT2D eigenvalue weighted by Gasteiger charge is -2.29. The molecule has 1 heterocycles. The summed E-state index contributed by atoms with van der Waals surface area (Å²) in [4.78, 5) is 4.59. The summed E-state index contributed by atoms with van der Waals surface area (Å²) in [5.74, 6) is 0. The van der Waals surface area contributed by atoms with Gasteiger partial charge in [-0.1, -0.05) is 0 Å². The van der Waals surface area contributed by atoms with Gasteiger partial charge in [-0.25, -0.2) is 0 Å². The molecule has 0 bridgehead atoms. The van der Waals surface area contributed by atoms with Crippen LogP contribution in [0.3, 0.4) is 0 Å². The summed E-state index contributed by atoms with van der Waals surface area (Å²) < 4.78 is 0. The first-order valence-corrected chi connectivity index (χ1v) is 4.16. The highest BCUT2D eigenvalue weighted by molar-refractivity contribution is 4.91. The van der Waals surface area contributed by atoms with Gasteiger partial charge in [0, 0.05) is 25.2 Å². The molecule has 1 aliphatic rings. The monoisotopic (exact) mass is 157 g/mol. The van der Waals surface area contributed by atoms with Crippen molar-refractivity contribution >= 4 is 0 Å². The predicted octanol–water partition coefficient (Wildman–Crippen LogP) is -0.550. The van der Waals surface area contributed by atoms with Crippen molar-refractivity contribution in [3.63, 3.8) is 0 Å². The topological polar surface area (TPSA) is 18.5 Å². The van der Waals surface area contributed by atoms with Crippen LogP contribution in [0.2, 0.25) is 0 Å². The van der Waals surface area contributed by atoms with Crippen molar-refractivity contribution in [1.82, 2.24) is 15.1 Å². The van der Waals surface area contributed by atoms with Crippen LogP contribution >= 0.6 is 0 Å². The average molecular weight is 157 g/mol. The van der Waals surface area contributed by atoms with E-state index >= 15 is 0 Å². The Bertz CT molecular complexity index is 109. The zero-order chi connectivity index (χ0) is 8.43. The van der Waals surface area contributed by atoms with Gasteiger partial charge in [0.25, 0.3) is 0 Å². The minimum atomic E-state index is 0.671. The molecule has 3 heteroatoms. The molecule has 0 aliphatic carbocycles. The summed E-state index contributed by atoms with van der Waals surface area (Å²) in [6.45, 7) is 2.24. The summed E-state index contributed by atoms with van der Waals surface area (Å²) in [6, 6.07) is 1.34. The van der Waals surface area contributed by atoms with Gasteiger partial charge in [-0.3, -0.25) is 0 Å². The van der Waals surface area contributed by atoms with E-state index < -0.39 is 0 Å². The van der Waals surface area contributed by atoms with Gasteiger partial charge in [0.05, 0.1) is 0 Å². The lowest BCUT2D eigenvalue weighted by molar-refractivity contribution is 0.191. The molecule has 0 saturated carbocycles. The molecule has 0 spiro atoms. The van der Waals surface area contributed by atoms with Crippen LogP contribution in [0.5, 0.6) is 0 Å². The maximum atomic E-state index is 3.40. The second kappa shape index (κ2) is 3.52. The van der Waals surface area contributed by atoms with Crippen LogP contribution < -0.4 is 5.32 Å². The van der Waals surface area contributed by atoms with Crippen LogP contribution in [0.4, 0.5) is 0 Å². The molecule has 0 radical (unpaired) electrons. The lowest BCUT2D eigenvalue weighted by atomic mass is 10.1. The van der Waals surface area contributed by atoms with Crippen molar-refractivity contribution in [2.75, 3.05) is 41.3 Å². The van der Waals surface area contributed by atoms with Gasteiger partial charge in [0.1, 0.15) is 0 Å². The quantitative estimate of drug-likeness (QED) is 0.580. The summed E-state index contributed by atoms with van der Waals surface area (Å²) in [5, 5.41) is 3.40. The zero-order valence-corrected chi connectivity index (χ0v) is 7.96. The largest absolute Gasteiger partial charge is 0.313 e. The molecule has 0 aromatic carbocycles. The fourth-order valence-corrected chi connectivity index (χ4v) is 1.70. The highest BCUT2D eigenvalue weighted by Gasteiger charge is 2.29. The Labute approximate surface area is 69.4 Å². The molecule has 66 valence electrons. The molecular weight excluding hydrogens is 138 g/mol. The first kappa shape index (κ1) is 8.97. The minimum Gasteiger partial charge on any atom is -0.313 e. The number of hydrogen-bond donors (Lipinski definition) is 1. The predicted molar refractivity (Wildman–Crippen MR) is 47.8 cm³/mol. The fraction of sp³-hybridized carbons (Fsp3) is 1.00. The van der Waals surface area contributed by atoms with Crippen molar-refractivity contribution in [3.05, 3.63) is 0 Å². The first-order chi connectivity index (χ1) is 5.13. The average Bonchev–Trinajstić information content (AvgIpc) is 2.32. The number of rotatable bonds is 2. The van der Waals surface area contributed by atoms with Gasteiger partial charge < -0.3 is 15.1 Å². The van der Waals surface area contributed by atoms with E-state index in [4.69, 9.17) is 0 Å². The normalized spacial score (nSPS) is 32.2. The van der Waals surface area contributed by atoms with Crippen LogP contribution in [0.25, 0.3) is 0 Å². The van der Waals surface area contributed by atoms with E-state index in [9.17, 15) is 0 Å². The Morgan fingerprint density at radius 3 is 1.55 bits per heavy atom. The van der Waals surface area contributed by atoms with Gasteiger partial charge in [-0.15, -0.1) is 0 Å². The third-order valence-corrected chi connectivity index (χ3v) is 2.48. The van der Waals surface area contributed by atoms with Crippen LogP contribution in [-0.2, 0) is 0 Å². The van der Waals surface area contributed by atoms with E-state index in [1.807, 2.05) is 0 Å². The van der Waals surface area contributed by atoms with Crippen LogP contribution in [-0.4, -0.2) is 63.2 Å². The second-order valence-electron chi connectivity index (χ2n) is 3.72. The SMILES string of the molecule is CN(C)[C@@H]1CNC[C@@H]1N(C)C. The van der Waals surface area contributed by atoms with Gasteiger partial charge in [0.15, 0.2) is 0 Å². The summed E-state index contributed by atoms with van der Waals surface area (Å²) in [5.41, 5.74) is 0. The van der Waals surface area contributed by atoms with E-state index in [1.165, 1.54) is 0 Å². The van der Waals surface area contributed by atoms with Gasteiger partial charge in [0.2, 0.25) is 0 Å². The van der Waals surface area contributed by atoms with Crippen molar-refractivity contribution in [3.8, 4) is 0 Å². The number of nitrogens with zero attached hydrogens (tertiary/aromatic N) is 2. The van der Waals surface area contributed by atoms with Crippen molar-refractivity contribution in [2.24, 2.45) is 0 Å². The van der Waals surface area contributed by atoms with Crippen molar-refractivity contribution in [1.29, 1.82) is 0 Å². The molecule has 0 aromatic rings. The third kappa shape index (κ3) is 1.92. The Hall–Kier alpha value is -0.120. The molecule has 0 aromatic heterocycles. The van der Waals surface area contributed by atoms with Gasteiger partial charge in [-0.05, 0) is 28.2 Å². The van der Waals surface area contributed by atoms with Gasteiger partial charge in [-0.2, -0.15) is 0 Å². The molecule has 1 N–H and O–H groups in total. The maximum Gasteiger partial charge on any atom is 0.0382 e. The van der Waals surface area contributed by atoms with E-state index in [2.05, 4.69) is 43.3 Å². The molecule has 1 rings (SSSR count). The van der Waals surface area contributed by atoms with Gasteiger partial charge >= 0.3 is 0 Å². The van der Waals surface area contributed by atoms with E-state index in [0.29, 0.717) is 12.1 Å². The smallest absolute Gasteiger partial charge is 0.0382 e. The first-order valence-electron chi connectivity index (χ1n) is 4.16. The molecule has 2 atom stereocenters. The zero-order valence-electron chi connectivity index (χ0n) is 7.96. The standard InChI is InChI=1S/C8H19N3/c1-10(2)7-5-9-6-8(7)11(3)4/h7-9H,5-6H2,1-4H3/t7-,8+. The molecule has 1 saturated heterocycles. The Kier molecular flexibility index (Phi) is 2.87. The van der Waals surface area contributed by atoms with Crippen LogP contribution in [0.15, 0.2) is 0 Å². The number of hydrogen-bond acceptors (Lipinski definition) is 3. The summed E-state index contributed by atoms with van der Waals surface area (Å²) in [7, 11) is 8.59. The molecule has 1 fully saturated rings. The van der Waals surface area contributed by atoms with E-state index in [-0.39, 0.29) is 0 Å². The third-order valence-electron chi connectivity index (χ3n) is 2.48. The Morgan fingerprint density at radius 2 is 1.27 bits per heavy atom. The Morgan fingerprint density at radius 1 is 0.909 bits per heavy atom. The molecule has 0 unspecified atom stereocenters. The Balaban J connectivity index is 2.51. The summed E-state index contributed by atoms with van der Waals surface area (Å²) >= 11 is 0. The van der Waals surface area contributed by atoms with E-state index in [1.54, 1.807) is 0 Å². The molecule has 0 amide bonds. The highest BCUT2D eigenvalue weighted by atomic mass is 15.3. The lowest BCUT2D eigenvalue weighted by Crippen LogP contribution is -2.45. The minimum absolute atomic E-state index is 0.671. The molecular formula is C8H19N3. The second-order valence-corrected chi connectivity index (χ2v) is 3.72. The fourth-order valence-electron chi connectivity index (χ4n) is 1.70. The highest BCUT2D eigenvalue weighted by Crippen LogP contribution is 2.09. The van der Waals surface area contributed by atoms with Crippen molar-refractivity contribution < 1.29 is 0 Å². The number of nitrogens with one attached hydrogen (secondary N) is 1. The van der Waals surface area contributed by atoms with Crippen molar-refractivity contribution in [2.45, 2.75) is 12.1 Å². The summed E-state index contributed by atoms with van der Waals surface area (Å²) in [6.07, 6.45) is 0. The van der Waals surface area contributed by atoms with Crippen LogP contribution in [0.1, 0.15) is 0 Å². The molecule has 11 heavy (non-hydrogen) atoms. The molecule has 3 nitrogen and oxygen atoms in total. The van der Waals surface area contributed by atoms with E-state index in [0.717, 1.165) is 13.1 Å². The number of likely N-dealkylation sites (N-methyl/N-ethyl adjacent to an activating group) is 2. The maximum absolute atomic E-state index is 3.40.